The van der Waals surface area contributed by atoms with Gasteiger partial charge in [0.25, 0.3) is 5.91 Å². The maximum absolute atomic E-state index is 12.4. The van der Waals surface area contributed by atoms with Crippen molar-refractivity contribution in [3.8, 4) is 11.5 Å². The number of benzene rings is 2. The molecule has 0 fully saturated rings. The van der Waals surface area contributed by atoms with Crippen LogP contribution in [0.15, 0.2) is 60.8 Å². The Morgan fingerprint density at radius 3 is 2.58 bits per heavy atom. The molecule has 1 aromatic heterocycles. The summed E-state index contributed by atoms with van der Waals surface area (Å²) in [6.07, 6.45) is 1.58. The van der Waals surface area contributed by atoms with Crippen LogP contribution in [0.2, 0.25) is 5.02 Å². The lowest BCUT2D eigenvalue weighted by molar-refractivity contribution is 0.102. The summed E-state index contributed by atoms with van der Waals surface area (Å²) >= 11 is 5.85. The van der Waals surface area contributed by atoms with Crippen molar-refractivity contribution in [2.24, 2.45) is 0 Å². The van der Waals surface area contributed by atoms with Gasteiger partial charge in [-0.1, -0.05) is 11.6 Å². The van der Waals surface area contributed by atoms with E-state index in [4.69, 9.17) is 21.1 Å². The second-order valence-corrected chi connectivity index (χ2v) is 6.02. The summed E-state index contributed by atoms with van der Waals surface area (Å²) in [5.74, 6) is 1.70. The Kier molecular flexibility index (Phi) is 4.33. The van der Waals surface area contributed by atoms with Gasteiger partial charge in [-0.25, -0.2) is 4.98 Å². The third-order valence-electron chi connectivity index (χ3n) is 3.77. The number of carbonyl (C=O) groups excluding carboxylic acids is 1. The SMILES string of the molecule is O=C(Nc1ccc(Cl)cc1)c1ccnc(Nc2ccc3c(c2)OCO3)c1. The van der Waals surface area contributed by atoms with Crippen LogP contribution in [0, 0.1) is 0 Å². The van der Waals surface area contributed by atoms with Crippen LogP contribution in [0.4, 0.5) is 17.2 Å². The highest BCUT2D eigenvalue weighted by molar-refractivity contribution is 6.30. The molecule has 2 N–H and O–H groups in total. The van der Waals surface area contributed by atoms with Crippen LogP contribution in [0.25, 0.3) is 0 Å². The summed E-state index contributed by atoms with van der Waals surface area (Å²) < 4.78 is 10.6. The van der Waals surface area contributed by atoms with Crippen LogP contribution in [0.5, 0.6) is 11.5 Å². The van der Waals surface area contributed by atoms with Crippen molar-refractivity contribution in [3.05, 3.63) is 71.4 Å². The van der Waals surface area contributed by atoms with Gasteiger partial charge < -0.3 is 20.1 Å². The molecule has 0 saturated heterocycles. The molecule has 0 bridgehead atoms. The smallest absolute Gasteiger partial charge is 0.255 e. The Hall–Kier alpha value is -3.25. The maximum Gasteiger partial charge on any atom is 0.255 e. The van der Waals surface area contributed by atoms with Gasteiger partial charge in [0.15, 0.2) is 11.5 Å². The van der Waals surface area contributed by atoms with Crippen LogP contribution in [0.3, 0.4) is 0 Å². The standard InChI is InChI=1S/C19H14ClN3O3/c20-13-1-3-14(4-2-13)23-19(24)12-7-8-21-18(9-12)22-15-5-6-16-17(10-15)26-11-25-16/h1-10H,11H2,(H,21,22)(H,23,24). The summed E-state index contributed by atoms with van der Waals surface area (Å²) in [5, 5.41) is 6.59. The highest BCUT2D eigenvalue weighted by Gasteiger charge is 2.14. The van der Waals surface area contributed by atoms with Crippen LogP contribution in [-0.4, -0.2) is 17.7 Å². The van der Waals surface area contributed by atoms with E-state index in [2.05, 4.69) is 15.6 Å². The highest BCUT2D eigenvalue weighted by atomic mass is 35.5. The van der Waals surface area contributed by atoms with Gasteiger partial charge in [-0.2, -0.15) is 0 Å². The first-order valence-corrected chi connectivity index (χ1v) is 8.25. The molecule has 0 unspecified atom stereocenters. The minimum Gasteiger partial charge on any atom is -0.454 e. The van der Waals surface area contributed by atoms with Crippen LogP contribution < -0.4 is 20.1 Å². The fraction of sp³-hybridized carbons (Fsp3) is 0.0526. The van der Waals surface area contributed by atoms with Gasteiger partial charge in [0.1, 0.15) is 5.82 Å². The molecule has 0 atom stereocenters. The van der Waals surface area contributed by atoms with E-state index in [0.717, 1.165) is 5.69 Å². The Bertz CT molecular complexity index is 960. The Labute approximate surface area is 154 Å². The molecule has 3 aromatic rings. The minimum atomic E-state index is -0.233. The molecule has 4 rings (SSSR count). The van der Waals surface area contributed by atoms with Crippen molar-refractivity contribution < 1.29 is 14.3 Å². The monoisotopic (exact) mass is 367 g/mol. The Morgan fingerprint density at radius 1 is 0.962 bits per heavy atom. The van der Waals surface area contributed by atoms with E-state index < -0.39 is 0 Å². The zero-order valence-corrected chi connectivity index (χ0v) is 14.3. The van der Waals surface area contributed by atoms with Gasteiger partial charge in [-0.15, -0.1) is 0 Å². The second kappa shape index (κ2) is 6.93. The second-order valence-electron chi connectivity index (χ2n) is 5.58. The van der Waals surface area contributed by atoms with Gasteiger partial charge in [0, 0.05) is 34.2 Å². The molecule has 6 nitrogen and oxygen atoms in total. The molecular formula is C19H14ClN3O3. The molecule has 0 radical (unpaired) electrons. The number of amides is 1. The number of anilines is 3. The predicted octanol–water partition coefficient (Wildman–Crippen LogP) is 4.46. The molecular weight excluding hydrogens is 354 g/mol. The molecule has 0 aliphatic carbocycles. The summed E-state index contributed by atoms with van der Waals surface area (Å²) in [7, 11) is 0. The van der Waals surface area contributed by atoms with Crippen molar-refractivity contribution in [1.29, 1.82) is 0 Å². The zero-order chi connectivity index (χ0) is 17.9. The number of nitrogens with zero attached hydrogens (tertiary/aromatic N) is 1. The van der Waals surface area contributed by atoms with Crippen molar-refractivity contribution >= 4 is 34.7 Å². The summed E-state index contributed by atoms with van der Waals surface area (Å²) in [5.41, 5.74) is 1.94. The van der Waals surface area contributed by atoms with E-state index in [1.54, 1.807) is 42.6 Å². The minimum absolute atomic E-state index is 0.220. The Morgan fingerprint density at radius 2 is 1.73 bits per heavy atom. The highest BCUT2D eigenvalue weighted by Crippen LogP contribution is 2.34. The fourth-order valence-corrected chi connectivity index (χ4v) is 2.62. The molecule has 2 heterocycles. The lowest BCUT2D eigenvalue weighted by Crippen LogP contribution is -2.12. The number of hydrogen-bond acceptors (Lipinski definition) is 5. The topological polar surface area (TPSA) is 72.5 Å². The first kappa shape index (κ1) is 16.2. The van der Waals surface area contributed by atoms with E-state index in [0.29, 0.717) is 33.6 Å². The average Bonchev–Trinajstić information content (AvgIpc) is 3.12. The molecule has 0 spiro atoms. The van der Waals surface area contributed by atoms with E-state index in [-0.39, 0.29) is 12.7 Å². The van der Waals surface area contributed by atoms with E-state index in [1.807, 2.05) is 18.2 Å². The Balaban J connectivity index is 1.49. The van der Waals surface area contributed by atoms with Crippen molar-refractivity contribution in [2.45, 2.75) is 0 Å². The first-order valence-electron chi connectivity index (χ1n) is 7.87. The lowest BCUT2D eigenvalue weighted by atomic mass is 10.2. The molecule has 1 aliphatic heterocycles. The summed E-state index contributed by atoms with van der Waals surface area (Å²) in [6, 6.07) is 15.8. The number of hydrogen-bond donors (Lipinski definition) is 2. The largest absolute Gasteiger partial charge is 0.454 e. The number of nitrogens with one attached hydrogen (secondary N) is 2. The van der Waals surface area contributed by atoms with E-state index in [1.165, 1.54) is 0 Å². The third kappa shape index (κ3) is 3.55. The zero-order valence-electron chi connectivity index (χ0n) is 13.5. The average molecular weight is 368 g/mol. The first-order chi connectivity index (χ1) is 12.7. The number of aromatic nitrogens is 1. The predicted molar refractivity (Wildman–Crippen MR) is 99.5 cm³/mol. The van der Waals surface area contributed by atoms with Crippen molar-refractivity contribution in [1.82, 2.24) is 4.98 Å². The van der Waals surface area contributed by atoms with Crippen molar-refractivity contribution in [3.63, 3.8) is 0 Å². The van der Waals surface area contributed by atoms with Crippen LogP contribution in [0.1, 0.15) is 10.4 Å². The van der Waals surface area contributed by atoms with Gasteiger partial charge in [-0.3, -0.25) is 4.79 Å². The maximum atomic E-state index is 12.4. The summed E-state index contributed by atoms with van der Waals surface area (Å²) in [6.45, 7) is 0.220. The quantitative estimate of drug-likeness (QED) is 0.712. The van der Waals surface area contributed by atoms with Gasteiger partial charge in [0.2, 0.25) is 6.79 Å². The number of pyridine rings is 1. The van der Waals surface area contributed by atoms with Crippen LogP contribution >= 0.6 is 11.6 Å². The van der Waals surface area contributed by atoms with E-state index in [9.17, 15) is 4.79 Å². The van der Waals surface area contributed by atoms with Gasteiger partial charge in [0.05, 0.1) is 0 Å². The molecule has 0 saturated carbocycles. The molecule has 1 aliphatic rings. The molecule has 2 aromatic carbocycles. The number of fused-ring (bicyclic) bond motifs is 1. The molecule has 130 valence electrons. The summed E-state index contributed by atoms with van der Waals surface area (Å²) in [4.78, 5) is 16.7. The normalized spacial score (nSPS) is 11.9. The van der Waals surface area contributed by atoms with Crippen molar-refractivity contribution in [2.75, 3.05) is 17.4 Å². The third-order valence-corrected chi connectivity index (χ3v) is 4.02. The lowest BCUT2D eigenvalue weighted by Gasteiger charge is -2.09. The molecule has 7 heteroatoms. The number of rotatable bonds is 4. The molecule has 1 amide bonds. The number of halogens is 1. The van der Waals surface area contributed by atoms with Gasteiger partial charge in [-0.05, 0) is 48.5 Å². The molecule has 26 heavy (non-hydrogen) atoms. The van der Waals surface area contributed by atoms with Gasteiger partial charge >= 0.3 is 0 Å². The van der Waals surface area contributed by atoms with E-state index >= 15 is 0 Å². The fourth-order valence-electron chi connectivity index (χ4n) is 2.50. The number of ether oxygens (including phenoxy) is 2. The van der Waals surface area contributed by atoms with Crippen LogP contribution in [-0.2, 0) is 0 Å². The number of carbonyl (C=O) groups is 1.